The summed E-state index contributed by atoms with van der Waals surface area (Å²) in [5, 5.41) is 4.32. The molecule has 1 N–H and O–H groups in total. The van der Waals surface area contributed by atoms with E-state index >= 15 is 0 Å². The maximum absolute atomic E-state index is 11.7. The van der Waals surface area contributed by atoms with Crippen molar-refractivity contribution < 1.29 is 4.79 Å². The van der Waals surface area contributed by atoms with Crippen LogP contribution in [0.2, 0.25) is 0 Å². The molecule has 0 spiro atoms. The molecule has 1 aliphatic heterocycles. The number of carbonyl (C=O) groups is 1. The minimum absolute atomic E-state index is 0.106. The van der Waals surface area contributed by atoms with Crippen molar-refractivity contribution >= 4 is 22.5 Å². The first-order chi connectivity index (χ1) is 8.34. The molecule has 1 aromatic carbocycles. The van der Waals surface area contributed by atoms with Gasteiger partial charge < -0.3 is 9.88 Å². The lowest BCUT2D eigenvalue weighted by molar-refractivity contribution is -0.116. The normalized spacial score (nSPS) is 18.0. The van der Waals surface area contributed by atoms with Crippen molar-refractivity contribution in [1.29, 1.82) is 0 Å². The van der Waals surface area contributed by atoms with Crippen molar-refractivity contribution in [3.05, 3.63) is 29.5 Å². The van der Waals surface area contributed by atoms with Crippen molar-refractivity contribution in [2.75, 3.05) is 5.32 Å². The molecule has 0 saturated carbocycles. The van der Waals surface area contributed by atoms with Gasteiger partial charge in [0, 0.05) is 11.1 Å². The zero-order valence-corrected chi connectivity index (χ0v) is 9.62. The summed E-state index contributed by atoms with van der Waals surface area (Å²) < 4.78 is 2.23. The first kappa shape index (κ1) is 9.28. The molecule has 0 atom stereocenters. The van der Waals surface area contributed by atoms with E-state index < -0.39 is 0 Å². The second kappa shape index (κ2) is 3.13. The van der Waals surface area contributed by atoms with Crippen LogP contribution < -0.4 is 5.32 Å². The summed E-state index contributed by atoms with van der Waals surface area (Å²) in [7, 11) is 0. The molecule has 86 valence electrons. The number of nitrogens with one attached hydrogen (secondary N) is 1. The van der Waals surface area contributed by atoms with Crippen LogP contribution in [0.5, 0.6) is 0 Å². The molecule has 0 radical (unpaired) electrons. The molecule has 1 amide bonds. The van der Waals surface area contributed by atoms with Crippen molar-refractivity contribution in [3.63, 3.8) is 0 Å². The SMILES string of the molecule is O=C1Cn2c3c(c4cccc(c42)N1)CCCC3. The summed E-state index contributed by atoms with van der Waals surface area (Å²) in [5.41, 5.74) is 5.09. The Bertz CT molecular complexity index is 639. The molecule has 3 heteroatoms. The number of aryl methyl sites for hydroxylation is 1. The van der Waals surface area contributed by atoms with E-state index in [0.29, 0.717) is 6.54 Å². The van der Waals surface area contributed by atoms with E-state index in [-0.39, 0.29) is 5.91 Å². The lowest BCUT2D eigenvalue weighted by Crippen LogP contribution is -2.25. The molecule has 17 heavy (non-hydrogen) atoms. The zero-order chi connectivity index (χ0) is 11.4. The van der Waals surface area contributed by atoms with Gasteiger partial charge in [-0.3, -0.25) is 4.79 Å². The van der Waals surface area contributed by atoms with E-state index in [1.165, 1.54) is 35.0 Å². The summed E-state index contributed by atoms with van der Waals surface area (Å²) in [5.74, 6) is 0.106. The number of aromatic nitrogens is 1. The summed E-state index contributed by atoms with van der Waals surface area (Å²) in [4.78, 5) is 11.7. The number of hydrogen-bond acceptors (Lipinski definition) is 1. The smallest absolute Gasteiger partial charge is 0.244 e. The van der Waals surface area contributed by atoms with Crippen LogP contribution in [0.15, 0.2) is 18.2 Å². The summed E-state index contributed by atoms with van der Waals surface area (Å²) in [6.45, 7) is 0.489. The largest absolute Gasteiger partial charge is 0.333 e. The second-order valence-corrected chi connectivity index (χ2v) is 4.97. The number of para-hydroxylation sites is 1. The molecule has 1 aromatic heterocycles. The fourth-order valence-electron chi connectivity index (χ4n) is 3.30. The Morgan fingerprint density at radius 3 is 3.00 bits per heavy atom. The highest BCUT2D eigenvalue weighted by Gasteiger charge is 2.25. The van der Waals surface area contributed by atoms with Crippen LogP contribution in [0, 0.1) is 0 Å². The van der Waals surface area contributed by atoms with Crippen LogP contribution in [0.1, 0.15) is 24.1 Å². The van der Waals surface area contributed by atoms with E-state index in [1.807, 2.05) is 12.1 Å². The molecule has 1 aliphatic carbocycles. The van der Waals surface area contributed by atoms with E-state index in [9.17, 15) is 4.79 Å². The van der Waals surface area contributed by atoms with Gasteiger partial charge in [-0.15, -0.1) is 0 Å². The monoisotopic (exact) mass is 226 g/mol. The maximum atomic E-state index is 11.7. The van der Waals surface area contributed by atoms with Crippen LogP contribution in [0.25, 0.3) is 10.9 Å². The topological polar surface area (TPSA) is 34.0 Å². The molecule has 0 unspecified atom stereocenters. The van der Waals surface area contributed by atoms with Crippen LogP contribution in [0.3, 0.4) is 0 Å². The minimum atomic E-state index is 0.106. The predicted molar refractivity (Wildman–Crippen MR) is 67.2 cm³/mol. The second-order valence-electron chi connectivity index (χ2n) is 4.97. The van der Waals surface area contributed by atoms with Gasteiger partial charge >= 0.3 is 0 Å². The van der Waals surface area contributed by atoms with Gasteiger partial charge in [0.2, 0.25) is 5.91 Å². The van der Waals surface area contributed by atoms with Crippen LogP contribution in [-0.2, 0) is 24.2 Å². The molecular formula is C14H14N2O. The number of rotatable bonds is 0. The van der Waals surface area contributed by atoms with Gasteiger partial charge in [-0.05, 0) is 37.3 Å². The highest BCUT2D eigenvalue weighted by atomic mass is 16.2. The Morgan fingerprint density at radius 2 is 2.06 bits per heavy atom. The molecule has 0 fully saturated rings. The Labute approximate surface area is 99.4 Å². The third-order valence-electron chi connectivity index (χ3n) is 3.97. The van der Waals surface area contributed by atoms with E-state index in [1.54, 1.807) is 0 Å². The van der Waals surface area contributed by atoms with Crippen LogP contribution in [0.4, 0.5) is 5.69 Å². The number of anilines is 1. The molecule has 2 aliphatic rings. The molecule has 2 aromatic rings. The highest BCUT2D eigenvalue weighted by Crippen LogP contribution is 2.37. The number of fused-ring (bicyclic) bond motifs is 3. The highest BCUT2D eigenvalue weighted by molar-refractivity contribution is 6.06. The standard InChI is InChI=1S/C14H14N2O/c17-13-8-16-12-7-2-1-4-9(12)10-5-3-6-11(15-13)14(10)16/h3,5-6H,1-2,4,7-8H2,(H,15,17). The lowest BCUT2D eigenvalue weighted by atomic mass is 9.95. The van der Waals surface area contributed by atoms with Gasteiger partial charge in [0.15, 0.2) is 0 Å². The number of nitrogens with zero attached hydrogens (tertiary/aromatic N) is 1. The first-order valence-corrected chi connectivity index (χ1v) is 6.27. The van der Waals surface area contributed by atoms with Gasteiger partial charge in [-0.1, -0.05) is 12.1 Å². The number of hydrogen-bond donors (Lipinski definition) is 1. The van der Waals surface area contributed by atoms with E-state index in [4.69, 9.17) is 0 Å². The van der Waals surface area contributed by atoms with Gasteiger partial charge in [0.05, 0.1) is 11.2 Å². The Kier molecular flexibility index (Phi) is 1.71. The van der Waals surface area contributed by atoms with E-state index in [0.717, 1.165) is 18.5 Å². The fourth-order valence-corrected chi connectivity index (χ4v) is 3.30. The minimum Gasteiger partial charge on any atom is -0.333 e. The number of carbonyl (C=O) groups excluding carboxylic acids is 1. The third kappa shape index (κ3) is 1.14. The quantitative estimate of drug-likeness (QED) is 0.735. The Morgan fingerprint density at radius 1 is 1.18 bits per heavy atom. The van der Waals surface area contributed by atoms with Crippen molar-refractivity contribution in [2.45, 2.75) is 32.2 Å². The van der Waals surface area contributed by atoms with Gasteiger partial charge in [-0.2, -0.15) is 0 Å². The average Bonchev–Trinajstić information content (AvgIpc) is 2.67. The third-order valence-corrected chi connectivity index (χ3v) is 3.97. The molecular weight excluding hydrogens is 212 g/mol. The van der Waals surface area contributed by atoms with Gasteiger partial charge in [-0.25, -0.2) is 0 Å². The number of benzene rings is 1. The fraction of sp³-hybridized carbons (Fsp3) is 0.357. The average molecular weight is 226 g/mol. The molecule has 0 saturated heterocycles. The van der Waals surface area contributed by atoms with Gasteiger partial charge in [0.1, 0.15) is 6.54 Å². The van der Waals surface area contributed by atoms with Crippen molar-refractivity contribution in [1.82, 2.24) is 4.57 Å². The van der Waals surface area contributed by atoms with Crippen molar-refractivity contribution in [3.8, 4) is 0 Å². The Hall–Kier alpha value is -1.77. The molecule has 4 rings (SSSR count). The first-order valence-electron chi connectivity index (χ1n) is 6.27. The Balaban J connectivity index is 2.14. The molecule has 2 heterocycles. The number of amides is 1. The van der Waals surface area contributed by atoms with Crippen molar-refractivity contribution in [2.24, 2.45) is 0 Å². The maximum Gasteiger partial charge on any atom is 0.244 e. The lowest BCUT2D eigenvalue weighted by Gasteiger charge is -2.19. The van der Waals surface area contributed by atoms with Crippen LogP contribution in [-0.4, -0.2) is 10.5 Å². The predicted octanol–water partition coefficient (Wildman–Crippen LogP) is 2.47. The molecule has 0 bridgehead atoms. The zero-order valence-electron chi connectivity index (χ0n) is 9.62. The molecule has 3 nitrogen and oxygen atoms in total. The summed E-state index contributed by atoms with van der Waals surface area (Å²) in [6.07, 6.45) is 4.81. The summed E-state index contributed by atoms with van der Waals surface area (Å²) >= 11 is 0. The van der Waals surface area contributed by atoms with E-state index in [2.05, 4.69) is 16.0 Å². The van der Waals surface area contributed by atoms with Gasteiger partial charge in [0.25, 0.3) is 0 Å². The summed E-state index contributed by atoms with van der Waals surface area (Å²) in [6, 6.07) is 6.24. The van der Waals surface area contributed by atoms with Crippen LogP contribution >= 0.6 is 0 Å².